The van der Waals surface area contributed by atoms with Gasteiger partial charge in [0.25, 0.3) is 0 Å². The average Bonchev–Trinajstić information content (AvgIpc) is 2.47. The van der Waals surface area contributed by atoms with E-state index in [1.807, 2.05) is 0 Å². The molecule has 0 spiro atoms. The van der Waals surface area contributed by atoms with Crippen LogP contribution in [0, 0.1) is 11.8 Å². The summed E-state index contributed by atoms with van der Waals surface area (Å²) >= 11 is 0. The first kappa shape index (κ1) is 8.58. The Hall–Kier alpha value is -0.520. The Morgan fingerprint density at radius 3 is 3.00 bits per heavy atom. The van der Waals surface area contributed by atoms with Crippen LogP contribution in [0.15, 0.2) is 24.3 Å². The molecule has 1 aliphatic rings. The molecule has 0 heterocycles. The monoisotopic (exact) mass is 150 g/mol. The molecule has 0 N–H and O–H groups in total. The van der Waals surface area contributed by atoms with Gasteiger partial charge >= 0.3 is 0 Å². The lowest BCUT2D eigenvalue weighted by Gasteiger charge is -2.14. The van der Waals surface area contributed by atoms with E-state index in [1.54, 1.807) is 0 Å². The summed E-state index contributed by atoms with van der Waals surface area (Å²) in [4.78, 5) is 0. The van der Waals surface area contributed by atoms with Crippen molar-refractivity contribution in [2.75, 3.05) is 0 Å². The first-order valence-electron chi connectivity index (χ1n) is 4.66. The zero-order valence-electron chi connectivity index (χ0n) is 7.59. The molecule has 0 saturated heterocycles. The van der Waals surface area contributed by atoms with Crippen LogP contribution in [0.3, 0.4) is 0 Å². The molecule has 0 amide bonds. The summed E-state index contributed by atoms with van der Waals surface area (Å²) in [6, 6.07) is 0. The Kier molecular flexibility index (Phi) is 3.41. The molecule has 0 aromatic carbocycles. The first-order valence-corrected chi connectivity index (χ1v) is 4.66. The van der Waals surface area contributed by atoms with Crippen LogP contribution in [0.5, 0.6) is 0 Å². The van der Waals surface area contributed by atoms with Crippen LogP contribution in [-0.2, 0) is 0 Å². The van der Waals surface area contributed by atoms with Crippen molar-refractivity contribution in [1.29, 1.82) is 0 Å². The van der Waals surface area contributed by atoms with Crippen molar-refractivity contribution < 1.29 is 0 Å². The molecule has 0 nitrogen and oxygen atoms in total. The van der Waals surface area contributed by atoms with Crippen molar-refractivity contribution in [3.05, 3.63) is 24.3 Å². The highest BCUT2D eigenvalue weighted by Crippen LogP contribution is 2.30. The smallest absolute Gasteiger partial charge is 0.0202 e. The molecule has 62 valence electrons. The highest BCUT2D eigenvalue weighted by molar-refractivity contribution is 5.02. The minimum absolute atomic E-state index is 0.853. The Balaban J connectivity index is 2.35. The molecule has 0 radical (unpaired) electrons. The molecule has 0 aromatic heterocycles. The lowest BCUT2D eigenvalue weighted by atomic mass is 9.90. The van der Waals surface area contributed by atoms with Gasteiger partial charge in [0.05, 0.1) is 0 Å². The maximum absolute atomic E-state index is 2.38. The molecule has 0 aliphatic heterocycles. The number of allylic oxidation sites excluding steroid dienone is 4. The second-order valence-electron chi connectivity index (χ2n) is 3.30. The molecule has 0 aromatic rings. The predicted molar refractivity (Wildman–Crippen MR) is 50.5 cm³/mol. The van der Waals surface area contributed by atoms with Crippen LogP contribution in [0.25, 0.3) is 0 Å². The number of rotatable bonds is 3. The Morgan fingerprint density at radius 2 is 2.36 bits per heavy atom. The largest absolute Gasteiger partial charge is 0.0917 e. The standard InChI is InChI=1S/C11H18/c1-3-5-7-11-9-6-8-10(11)4-2/h3,5-6,8,10-11H,4,7,9H2,1-2H3/b5-3-. The second-order valence-corrected chi connectivity index (χ2v) is 3.30. The normalized spacial score (nSPS) is 30.4. The Morgan fingerprint density at radius 1 is 1.55 bits per heavy atom. The predicted octanol–water partition coefficient (Wildman–Crippen LogP) is 3.55. The zero-order valence-corrected chi connectivity index (χ0v) is 7.59. The molecule has 0 fully saturated rings. The lowest BCUT2D eigenvalue weighted by Crippen LogP contribution is -2.05. The van der Waals surface area contributed by atoms with Crippen LogP contribution in [0.2, 0.25) is 0 Å². The molecule has 0 saturated carbocycles. The maximum atomic E-state index is 2.38. The Labute approximate surface area is 70.0 Å². The van der Waals surface area contributed by atoms with Crippen LogP contribution < -0.4 is 0 Å². The molecule has 0 bridgehead atoms. The van der Waals surface area contributed by atoms with Gasteiger partial charge in [0.1, 0.15) is 0 Å². The van der Waals surface area contributed by atoms with Gasteiger partial charge in [0.2, 0.25) is 0 Å². The van der Waals surface area contributed by atoms with Crippen molar-refractivity contribution in [3.8, 4) is 0 Å². The van der Waals surface area contributed by atoms with Gasteiger partial charge in [-0.25, -0.2) is 0 Å². The van der Waals surface area contributed by atoms with Crippen LogP contribution in [0.4, 0.5) is 0 Å². The van der Waals surface area contributed by atoms with E-state index in [2.05, 4.69) is 38.2 Å². The lowest BCUT2D eigenvalue weighted by molar-refractivity contribution is 0.418. The molecule has 1 aliphatic carbocycles. The summed E-state index contributed by atoms with van der Waals surface area (Å²) in [5.74, 6) is 1.75. The van der Waals surface area contributed by atoms with Crippen molar-refractivity contribution in [2.45, 2.75) is 33.1 Å². The fourth-order valence-electron chi connectivity index (χ4n) is 1.81. The van der Waals surface area contributed by atoms with Gasteiger partial charge in [-0.1, -0.05) is 31.2 Å². The maximum Gasteiger partial charge on any atom is -0.0202 e. The van der Waals surface area contributed by atoms with Gasteiger partial charge in [0, 0.05) is 0 Å². The summed E-state index contributed by atoms with van der Waals surface area (Å²) in [6.07, 6.45) is 13.0. The van der Waals surface area contributed by atoms with E-state index in [0.717, 1.165) is 11.8 Å². The topological polar surface area (TPSA) is 0 Å². The quantitative estimate of drug-likeness (QED) is 0.540. The van der Waals surface area contributed by atoms with Crippen molar-refractivity contribution >= 4 is 0 Å². The van der Waals surface area contributed by atoms with Gasteiger partial charge in [-0.2, -0.15) is 0 Å². The number of hydrogen-bond donors (Lipinski definition) is 0. The van der Waals surface area contributed by atoms with E-state index in [4.69, 9.17) is 0 Å². The first-order chi connectivity index (χ1) is 5.38. The molecule has 2 atom stereocenters. The van der Waals surface area contributed by atoms with E-state index < -0.39 is 0 Å². The van der Waals surface area contributed by atoms with E-state index in [0.29, 0.717) is 0 Å². The van der Waals surface area contributed by atoms with Crippen molar-refractivity contribution in [3.63, 3.8) is 0 Å². The highest BCUT2D eigenvalue weighted by atomic mass is 14.2. The third-order valence-corrected chi connectivity index (χ3v) is 2.57. The van der Waals surface area contributed by atoms with Crippen molar-refractivity contribution in [1.82, 2.24) is 0 Å². The highest BCUT2D eigenvalue weighted by Gasteiger charge is 2.18. The summed E-state index contributed by atoms with van der Waals surface area (Å²) < 4.78 is 0. The molecular formula is C11H18. The zero-order chi connectivity index (χ0) is 8.10. The molecular weight excluding hydrogens is 132 g/mol. The fraction of sp³-hybridized carbons (Fsp3) is 0.636. The van der Waals surface area contributed by atoms with Gasteiger partial charge in [-0.05, 0) is 38.0 Å². The summed E-state index contributed by atoms with van der Waals surface area (Å²) in [5.41, 5.74) is 0. The van der Waals surface area contributed by atoms with Crippen molar-refractivity contribution in [2.24, 2.45) is 11.8 Å². The average molecular weight is 150 g/mol. The summed E-state index contributed by atoms with van der Waals surface area (Å²) in [6.45, 7) is 4.38. The molecule has 1 rings (SSSR count). The van der Waals surface area contributed by atoms with E-state index in [1.165, 1.54) is 19.3 Å². The minimum atomic E-state index is 0.853. The van der Waals surface area contributed by atoms with Gasteiger partial charge in [0.15, 0.2) is 0 Å². The van der Waals surface area contributed by atoms with E-state index in [-0.39, 0.29) is 0 Å². The Bertz CT molecular complexity index is 153. The molecule has 2 unspecified atom stereocenters. The van der Waals surface area contributed by atoms with Gasteiger partial charge in [-0.15, -0.1) is 0 Å². The van der Waals surface area contributed by atoms with E-state index in [9.17, 15) is 0 Å². The summed E-state index contributed by atoms with van der Waals surface area (Å²) in [5, 5.41) is 0. The molecule has 0 heteroatoms. The minimum Gasteiger partial charge on any atom is -0.0917 e. The van der Waals surface area contributed by atoms with Crippen LogP contribution in [-0.4, -0.2) is 0 Å². The SMILES string of the molecule is C/C=C\CC1CC=CC1CC. The van der Waals surface area contributed by atoms with Gasteiger partial charge < -0.3 is 0 Å². The van der Waals surface area contributed by atoms with Crippen LogP contribution in [0.1, 0.15) is 33.1 Å². The van der Waals surface area contributed by atoms with E-state index >= 15 is 0 Å². The third kappa shape index (κ3) is 2.21. The third-order valence-electron chi connectivity index (χ3n) is 2.57. The number of hydrogen-bond acceptors (Lipinski definition) is 0. The van der Waals surface area contributed by atoms with Crippen LogP contribution >= 0.6 is 0 Å². The molecule has 11 heavy (non-hydrogen) atoms. The van der Waals surface area contributed by atoms with Gasteiger partial charge in [-0.3, -0.25) is 0 Å². The summed E-state index contributed by atoms with van der Waals surface area (Å²) in [7, 11) is 0. The fourth-order valence-corrected chi connectivity index (χ4v) is 1.81. The second kappa shape index (κ2) is 4.38.